The first-order valence-corrected chi connectivity index (χ1v) is 6.51. The lowest BCUT2D eigenvalue weighted by molar-refractivity contribution is 0.840. The van der Waals surface area contributed by atoms with E-state index in [1.165, 1.54) is 0 Å². The molecule has 20 heavy (non-hydrogen) atoms. The number of likely N-dealkylation sites (N-methyl/N-ethyl adjacent to an activating group) is 1. The topological polar surface area (TPSA) is 54.8 Å². The van der Waals surface area contributed by atoms with Crippen molar-refractivity contribution in [2.75, 3.05) is 18.5 Å². The molecule has 0 amide bonds. The Morgan fingerprint density at radius 1 is 0.950 bits per heavy atom. The highest BCUT2D eigenvalue weighted by Gasteiger charge is 2.08. The van der Waals surface area contributed by atoms with E-state index in [0.717, 1.165) is 35.5 Å². The first-order valence-electron chi connectivity index (χ1n) is 6.51. The van der Waals surface area contributed by atoms with E-state index >= 15 is 0 Å². The first-order chi connectivity index (χ1) is 9.84. The molecule has 0 fully saturated rings. The van der Waals surface area contributed by atoms with Gasteiger partial charge in [-0.05, 0) is 24.3 Å². The Kier molecular flexibility index (Phi) is 3.50. The third kappa shape index (κ3) is 2.56. The van der Waals surface area contributed by atoms with Gasteiger partial charge in [-0.25, -0.2) is 15.0 Å². The molecular formula is C15H15N5. The molecule has 0 atom stereocenters. The average molecular weight is 265 g/mol. The molecule has 0 N–H and O–H groups in total. The minimum atomic E-state index is 0.724. The summed E-state index contributed by atoms with van der Waals surface area (Å²) in [7, 11) is 2.03. The maximum absolute atomic E-state index is 4.37. The summed E-state index contributed by atoms with van der Waals surface area (Å²) in [6.07, 6.45) is 6.00. The summed E-state index contributed by atoms with van der Waals surface area (Å²) in [5.41, 5.74) is 1.80. The van der Waals surface area contributed by atoms with Gasteiger partial charge in [0.15, 0.2) is 5.65 Å². The number of anilines is 1. The van der Waals surface area contributed by atoms with Crippen molar-refractivity contribution in [3.8, 4) is 0 Å². The maximum Gasteiger partial charge on any atom is 0.164 e. The summed E-state index contributed by atoms with van der Waals surface area (Å²) < 4.78 is 0. The highest BCUT2D eigenvalue weighted by atomic mass is 15.2. The van der Waals surface area contributed by atoms with Gasteiger partial charge in [0.05, 0.1) is 5.39 Å². The Morgan fingerprint density at radius 3 is 2.70 bits per heavy atom. The number of rotatable bonds is 4. The van der Waals surface area contributed by atoms with Crippen molar-refractivity contribution in [1.82, 2.24) is 19.9 Å². The largest absolute Gasteiger partial charge is 0.359 e. The molecule has 3 heterocycles. The summed E-state index contributed by atoms with van der Waals surface area (Å²) in [6.45, 7) is 0.845. The number of nitrogens with zero attached hydrogens (tertiary/aromatic N) is 5. The zero-order valence-corrected chi connectivity index (χ0v) is 11.3. The zero-order valence-electron chi connectivity index (χ0n) is 11.3. The quantitative estimate of drug-likeness (QED) is 0.723. The number of hydrogen-bond acceptors (Lipinski definition) is 5. The van der Waals surface area contributed by atoms with Crippen LogP contribution < -0.4 is 4.90 Å². The first kappa shape index (κ1) is 12.5. The molecule has 5 heteroatoms. The van der Waals surface area contributed by atoms with Crippen LogP contribution in [0.2, 0.25) is 0 Å². The van der Waals surface area contributed by atoms with Crippen molar-refractivity contribution >= 4 is 16.9 Å². The molecule has 0 radical (unpaired) electrons. The van der Waals surface area contributed by atoms with E-state index < -0.39 is 0 Å². The van der Waals surface area contributed by atoms with Gasteiger partial charge in [-0.1, -0.05) is 6.07 Å². The second-order valence-corrected chi connectivity index (χ2v) is 4.56. The SMILES string of the molecule is CN(CCc1ccccn1)c1ncnc2ncccc12. The maximum atomic E-state index is 4.37. The van der Waals surface area contributed by atoms with E-state index in [9.17, 15) is 0 Å². The Balaban J connectivity index is 1.80. The Morgan fingerprint density at radius 2 is 1.85 bits per heavy atom. The van der Waals surface area contributed by atoms with Gasteiger partial charge in [-0.2, -0.15) is 0 Å². The Labute approximate surface area is 117 Å². The fourth-order valence-corrected chi connectivity index (χ4v) is 2.12. The van der Waals surface area contributed by atoms with E-state index in [1.54, 1.807) is 12.5 Å². The molecule has 0 saturated carbocycles. The highest BCUT2D eigenvalue weighted by molar-refractivity contribution is 5.86. The molecule has 3 aromatic rings. The summed E-state index contributed by atoms with van der Waals surface area (Å²) in [5.74, 6) is 0.902. The standard InChI is InChI=1S/C15H15N5/c1-20(10-7-12-5-2-3-8-16-12)15-13-6-4-9-17-14(13)18-11-19-15/h2-6,8-9,11H,7,10H2,1H3. The molecule has 0 aliphatic heterocycles. The minimum Gasteiger partial charge on any atom is -0.359 e. The minimum absolute atomic E-state index is 0.724. The van der Waals surface area contributed by atoms with Crippen molar-refractivity contribution in [2.45, 2.75) is 6.42 Å². The van der Waals surface area contributed by atoms with Crippen LogP contribution in [0.4, 0.5) is 5.82 Å². The van der Waals surface area contributed by atoms with Crippen LogP contribution in [0.25, 0.3) is 11.0 Å². The van der Waals surface area contributed by atoms with Gasteiger partial charge >= 0.3 is 0 Å². The lowest BCUT2D eigenvalue weighted by Gasteiger charge is -2.18. The molecule has 0 aromatic carbocycles. The number of fused-ring (bicyclic) bond motifs is 1. The van der Waals surface area contributed by atoms with E-state index in [0.29, 0.717) is 0 Å². The molecular weight excluding hydrogens is 250 g/mol. The van der Waals surface area contributed by atoms with Crippen LogP contribution in [0.15, 0.2) is 49.1 Å². The van der Waals surface area contributed by atoms with Crippen LogP contribution in [0, 0.1) is 0 Å². The lowest BCUT2D eigenvalue weighted by atomic mass is 10.2. The summed E-state index contributed by atoms with van der Waals surface area (Å²) in [5, 5.41) is 0.971. The number of aromatic nitrogens is 4. The third-order valence-electron chi connectivity index (χ3n) is 3.18. The average Bonchev–Trinajstić information content (AvgIpc) is 2.53. The van der Waals surface area contributed by atoms with E-state index in [4.69, 9.17) is 0 Å². The van der Waals surface area contributed by atoms with Crippen molar-refractivity contribution in [2.24, 2.45) is 0 Å². The van der Waals surface area contributed by atoms with Gasteiger partial charge in [-0.3, -0.25) is 4.98 Å². The summed E-state index contributed by atoms with van der Waals surface area (Å²) in [6, 6.07) is 9.87. The predicted molar refractivity (Wildman–Crippen MR) is 78.5 cm³/mol. The van der Waals surface area contributed by atoms with Crippen LogP contribution in [-0.4, -0.2) is 33.5 Å². The Bertz CT molecular complexity index is 693. The van der Waals surface area contributed by atoms with Crippen LogP contribution in [-0.2, 0) is 6.42 Å². The molecule has 5 nitrogen and oxygen atoms in total. The van der Waals surface area contributed by atoms with Crippen LogP contribution in [0.3, 0.4) is 0 Å². The van der Waals surface area contributed by atoms with Gasteiger partial charge in [-0.15, -0.1) is 0 Å². The molecule has 0 aliphatic carbocycles. The number of hydrogen-bond donors (Lipinski definition) is 0. The summed E-state index contributed by atoms with van der Waals surface area (Å²) in [4.78, 5) is 19.3. The molecule has 0 unspecified atom stereocenters. The van der Waals surface area contributed by atoms with Crippen LogP contribution in [0.1, 0.15) is 5.69 Å². The Hall–Kier alpha value is -2.56. The van der Waals surface area contributed by atoms with Crippen molar-refractivity contribution in [1.29, 1.82) is 0 Å². The molecule has 0 spiro atoms. The molecule has 3 aromatic heterocycles. The third-order valence-corrected chi connectivity index (χ3v) is 3.18. The van der Waals surface area contributed by atoms with E-state index in [2.05, 4.69) is 24.8 Å². The molecule has 0 aliphatic rings. The van der Waals surface area contributed by atoms with Crippen molar-refractivity contribution in [3.63, 3.8) is 0 Å². The monoisotopic (exact) mass is 265 g/mol. The van der Waals surface area contributed by atoms with Crippen LogP contribution in [0.5, 0.6) is 0 Å². The normalized spacial score (nSPS) is 10.7. The predicted octanol–water partition coefficient (Wildman–Crippen LogP) is 2.10. The zero-order chi connectivity index (χ0) is 13.8. The van der Waals surface area contributed by atoms with Gasteiger partial charge < -0.3 is 4.90 Å². The fourth-order valence-electron chi connectivity index (χ4n) is 2.12. The van der Waals surface area contributed by atoms with Crippen LogP contribution >= 0.6 is 0 Å². The van der Waals surface area contributed by atoms with E-state index in [-0.39, 0.29) is 0 Å². The molecule has 100 valence electrons. The van der Waals surface area contributed by atoms with Gasteiger partial charge in [0.2, 0.25) is 0 Å². The van der Waals surface area contributed by atoms with Gasteiger partial charge in [0, 0.05) is 38.1 Å². The fraction of sp³-hybridized carbons (Fsp3) is 0.200. The molecule has 0 saturated heterocycles. The molecule has 0 bridgehead atoms. The second kappa shape index (κ2) is 5.61. The van der Waals surface area contributed by atoms with E-state index in [1.807, 2.05) is 43.6 Å². The number of pyridine rings is 2. The summed E-state index contributed by atoms with van der Waals surface area (Å²) >= 11 is 0. The molecule has 3 rings (SSSR count). The smallest absolute Gasteiger partial charge is 0.164 e. The lowest BCUT2D eigenvalue weighted by Crippen LogP contribution is -2.22. The highest BCUT2D eigenvalue weighted by Crippen LogP contribution is 2.19. The second-order valence-electron chi connectivity index (χ2n) is 4.56. The van der Waals surface area contributed by atoms with Crippen molar-refractivity contribution in [3.05, 3.63) is 54.7 Å². The van der Waals surface area contributed by atoms with Gasteiger partial charge in [0.1, 0.15) is 12.1 Å². The van der Waals surface area contributed by atoms with Gasteiger partial charge in [0.25, 0.3) is 0 Å². The van der Waals surface area contributed by atoms with Crippen molar-refractivity contribution < 1.29 is 0 Å².